The summed E-state index contributed by atoms with van der Waals surface area (Å²) in [6, 6.07) is 4.03. The van der Waals surface area contributed by atoms with E-state index in [2.05, 4.69) is 4.98 Å². The van der Waals surface area contributed by atoms with Crippen LogP contribution in [0.15, 0.2) is 24.5 Å². The highest BCUT2D eigenvalue weighted by atomic mass is 14.8. The van der Waals surface area contributed by atoms with E-state index in [9.17, 15) is 0 Å². The molecule has 0 saturated heterocycles. The lowest BCUT2D eigenvalue weighted by atomic mass is 9.73. The van der Waals surface area contributed by atoms with E-state index in [1.165, 1.54) is 12.0 Å². The minimum Gasteiger partial charge on any atom is -0.321 e. The minimum atomic E-state index is -0.0249. The first kappa shape index (κ1) is 6.80. The standard InChI is InChI=1S/C9H12N2/c10-9(4-1-5-9)8-2-6-11-7-3-8/h2-3,6-7H,1,4-5,10H2. The summed E-state index contributed by atoms with van der Waals surface area (Å²) in [5.74, 6) is 0. The molecule has 0 radical (unpaired) electrons. The molecule has 2 heteroatoms. The summed E-state index contributed by atoms with van der Waals surface area (Å²) in [5, 5.41) is 0. The van der Waals surface area contributed by atoms with Gasteiger partial charge >= 0.3 is 0 Å². The van der Waals surface area contributed by atoms with Crippen molar-refractivity contribution in [1.29, 1.82) is 0 Å². The molecule has 0 amide bonds. The van der Waals surface area contributed by atoms with Crippen molar-refractivity contribution in [2.45, 2.75) is 24.8 Å². The third kappa shape index (κ3) is 1.03. The van der Waals surface area contributed by atoms with E-state index in [1.54, 1.807) is 0 Å². The second-order valence-corrected chi connectivity index (χ2v) is 3.25. The van der Waals surface area contributed by atoms with Crippen LogP contribution in [0.4, 0.5) is 0 Å². The molecule has 1 fully saturated rings. The molecule has 1 saturated carbocycles. The Bertz CT molecular complexity index is 239. The predicted octanol–water partition coefficient (Wildman–Crippen LogP) is 1.42. The van der Waals surface area contributed by atoms with Crippen molar-refractivity contribution in [2.24, 2.45) is 5.73 Å². The van der Waals surface area contributed by atoms with Crippen molar-refractivity contribution in [3.05, 3.63) is 30.1 Å². The molecule has 2 nitrogen and oxygen atoms in total. The van der Waals surface area contributed by atoms with Crippen LogP contribution in [0.1, 0.15) is 24.8 Å². The van der Waals surface area contributed by atoms with Crippen molar-refractivity contribution >= 4 is 0 Å². The van der Waals surface area contributed by atoms with Crippen LogP contribution in [-0.2, 0) is 5.54 Å². The number of aromatic nitrogens is 1. The third-order valence-corrected chi connectivity index (χ3v) is 2.50. The fourth-order valence-electron chi connectivity index (χ4n) is 1.53. The normalized spacial score (nSPS) is 20.8. The van der Waals surface area contributed by atoms with E-state index < -0.39 is 0 Å². The third-order valence-electron chi connectivity index (χ3n) is 2.50. The Morgan fingerprint density at radius 1 is 1.27 bits per heavy atom. The van der Waals surface area contributed by atoms with Gasteiger partial charge in [0.1, 0.15) is 0 Å². The largest absolute Gasteiger partial charge is 0.321 e. The lowest BCUT2D eigenvalue weighted by molar-refractivity contribution is 0.253. The average Bonchev–Trinajstić information content (AvgIpc) is 2.02. The first-order chi connectivity index (χ1) is 5.31. The summed E-state index contributed by atoms with van der Waals surface area (Å²) in [6.45, 7) is 0. The van der Waals surface area contributed by atoms with Gasteiger partial charge in [0, 0.05) is 17.9 Å². The molecule has 1 heterocycles. The number of hydrogen-bond donors (Lipinski definition) is 1. The average molecular weight is 148 g/mol. The monoisotopic (exact) mass is 148 g/mol. The Morgan fingerprint density at radius 2 is 1.91 bits per heavy atom. The molecular formula is C9H12N2. The van der Waals surface area contributed by atoms with Gasteiger partial charge in [-0.25, -0.2) is 0 Å². The van der Waals surface area contributed by atoms with Gasteiger partial charge in [0.15, 0.2) is 0 Å². The highest BCUT2D eigenvalue weighted by Gasteiger charge is 2.33. The molecule has 0 bridgehead atoms. The van der Waals surface area contributed by atoms with Gasteiger partial charge in [-0.1, -0.05) is 0 Å². The summed E-state index contributed by atoms with van der Waals surface area (Å²) in [4.78, 5) is 3.96. The second kappa shape index (κ2) is 2.31. The van der Waals surface area contributed by atoms with Gasteiger partial charge in [-0.05, 0) is 37.0 Å². The van der Waals surface area contributed by atoms with Crippen molar-refractivity contribution in [1.82, 2.24) is 4.98 Å². The van der Waals surface area contributed by atoms with Crippen molar-refractivity contribution < 1.29 is 0 Å². The molecule has 1 aromatic rings. The first-order valence-electron chi connectivity index (χ1n) is 4.01. The zero-order valence-electron chi connectivity index (χ0n) is 6.46. The number of nitrogens with two attached hydrogens (primary N) is 1. The van der Waals surface area contributed by atoms with Crippen LogP contribution < -0.4 is 5.73 Å². The molecule has 0 aromatic carbocycles. The van der Waals surface area contributed by atoms with Gasteiger partial charge in [0.2, 0.25) is 0 Å². The number of nitrogens with zero attached hydrogens (tertiary/aromatic N) is 1. The van der Waals surface area contributed by atoms with Gasteiger partial charge in [0.05, 0.1) is 0 Å². The van der Waals surface area contributed by atoms with Gasteiger partial charge in [0.25, 0.3) is 0 Å². The van der Waals surface area contributed by atoms with Crippen LogP contribution in [0.2, 0.25) is 0 Å². The van der Waals surface area contributed by atoms with Crippen LogP contribution in [-0.4, -0.2) is 4.98 Å². The Balaban J connectivity index is 2.29. The summed E-state index contributed by atoms with van der Waals surface area (Å²) in [6.07, 6.45) is 7.12. The fraction of sp³-hybridized carbons (Fsp3) is 0.444. The quantitative estimate of drug-likeness (QED) is 0.654. The molecule has 1 aliphatic carbocycles. The van der Waals surface area contributed by atoms with Crippen LogP contribution in [0, 0.1) is 0 Å². The van der Waals surface area contributed by atoms with Crippen molar-refractivity contribution in [3.63, 3.8) is 0 Å². The van der Waals surface area contributed by atoms with E-state index in [-0.39, 0.29) is 5.54 Å². The Hall–Kier alpha value is -0.890. The molecule has 0 atom stereocenters. The maximum absolute atomic E-state index is 6.10. The first-order valence-corrected chi connectivity index (χ1v) is 4.01. The maximum Gasteiger partial charge on any atom is 0.0410 e. The molecule has 1 aliphatic rings. The van der Waals surface area contributed by atoms with Crippen LogP contribution in [0.3, 0.4) is 0 Å². The molecule has 0 spiro atoms. The van der Waals surface area contributed by atoms with E-state index in [0.717, 1.165) is 12.8 Å². The van der Waals surface area contributed by atoms with Gasteiger partial charge in [-0.15, -0.1) is 0 Å². The number of hydrogen-bond acceptors (Lipinski definition) is 2. The van der Waals surface area contributed by atoms with Crippen LogP contribution >= 0.6 is 0 Å². The molecule has 2 N–H and O–H groups in total. The second-order valence-electron chi connectivity index (χ2n) is 3.25. The highest BCUT2D eigenvalue weighted by Crippen LogP contribution is 2.37. The zero-order chi connectivity index (χ0) is 7.73. The topological polar surface area (TPSA) is 38.9 Å². The summed E-state index contributed by atoms with van der Waals surface area (Å²) < 4.78 is 0. The molecular weight excluding hydrogens is 136 g/mol. The number of pyridine rings is 1. The van der Waals surface area contributed by atoms with Crippen molar-refractivity contribution in [2.75, 3.05) is 0 Å². The molecule has 0 aliphatic heterocycles. The Morgan fingerprint density at radius 3 is 2.36 bits per heavy atom. The lowest BCUT2D eigenvalue weighted by Crippen LogP contribution is -2.43. The van der Waals surface area contributed by atoms with Gasteiger partial charge < -0.3 is 5.73 Å². The maximum atomic E-state index is 6.10. The summed E-state index contributed by atoms with van der Waals surface area (Å²) >= 11 is 0. The Kier molecular flexibility index (Phi) is 1.43. The van der Waals surface area contributed by atoms with Gasteiger partial charge in [-0.3, -0.25) is 4.98 Å². The molecule has 58 valence electrons. The van der Waals surface area contributed by atoms with E-state index >= 15 is 0 Å². The van der Waals surface area contributed by atoms with Crippen LogP contribution in [0.5, 0.6) is 0 Å². The SMILES string of the molecule is NC1(c2ccncc2)CCC1. The molecule has 11 heavy (non-hydrogen) atoms. The minimum absolute atomic E-state index is 0.0249. The van der Waals surface area contributed by atoms with Gasteiger partial charge in [-0.2, -0.15) is 0 Å². The van der Waals surface area contributed by atoms with E-state index in [4.69, 9.17) is 5.73 Å². The fourth-order valence-corrected chi connectivity index (χ4v) is 1.53. The van der Waals surface area contributed by atoms with Crippen LogP contribution in [0.25, 0.3) is 0 Å². The summed E-state index contributed by atoms with van der Waals surface area (Å²) in [5.41, 5.74) is 7.31. The van der Waals surface area contributed by atoms with Crippen molar-refractivity contribution in [3.8, 4) is 0 Å². The predicted molar refractivity (Wildman–Crippen MR) is 44.0 cm³/mol. The smallest absolute Gasteiger partial charge is 0.0410 e. The highest BCUT2D eigenvalue weighted by molar-refractivity contribution is 5.23. The Labute approximate surface area is 66.4 Å². The summed E-state index contributed by atoms with van der Waals surface area (Å²) in [7, 11) is 0. The molecule has 0 unspecified atom stereocenters. The molecule has 1 aromatic heterocycles. The van der Waals surface area contributed by atoms with E-state index in [1.807, 2.05) is 24.5 Å². The molecule has 2 rings (SSSR count). The zero-order valence-corrected chi connectivity index (χ0v) is 6.46. The number of rotatable bonds is 1. The lowest BCUT2D eigenvalue weighted by Gasteiger charge is -2.38. The van der Waals surface area contributed by atoms with E-state index in [0.29, 0.717) is 0 Å².